The number of nitrogens with one attached hydrogen (secondary N) is 1. The van der Waals surface area contributed by atoms with Crippen LogP contribution in [0.15, 0.2) is 6.07 Å². The highest BCUT2D eigenvalue weighted by Gasteiger charge is 2.09. The summed E-state index contributed by atoms with van der Waals surface area (Å²) in [7, 11) is 3.25. The maximum Gasteiger partial charge on any atom is 0.218 e. The second kappa shape index (κ2) is 7.03. The molecule has 1 aromatic rings. The van der Waals surface area contributed by atoms with E-state index in [1.165, 1.54) is 0 Å². The van der Waals surface area contributed by atoms with Gasteiger partial charge in [0.05, 0.1) is 19.8 Å². The lowest BCUT2D eigenvalue weighted by Gasteiger charge is -2.18. The predicted octanol–water partition coefficient (Wildman–Crippen LogP) is 0.569. The fourth-order valence-corrected chi connectivity index (χ4v) is 1.53. The Morgan fingerprint density at radius 3 is 2.76 bits per heavy atom. The van der Waals surface area contributed by atoms with Gasteiger partial charge >= 0.3 is 0 Å². The van der Waals surface area contributed by atoms with Gasteiger partial charge in [-0.25, -0.2) is 4.98 Å². The Morgan fingerprint density at radius 1 is 1.41 bits per heavy atom. The van der Waals surface area contributed by atoms with Crippen LogP contribution in [0.25, 0.3) is 0 Å². The Kier molecular flexibility index (Phi) is 5.65. The molecule has 0 aliphatic carbocycles. The van der Waals surface area contributed by atoms with E-state index in [1.54, 1.807) is 20.3 Å². The zero-order chi connectivity index (χ0) is 12.7. The van der Waals surface area contributed by atoms with E-state index in [0.717, 1.165) is 12.2 Å². The molecule has 0 amide bonds. The highest BCUT2D eigenvalue weighted by Crippen LogP contribution is 2.14. The third kappa shape index (κ3) is 4.54. The highest BCUT2D eigenvalue weighted by atomic mass is 16.5. The summed E-state index contributed by atoms with van der Waals surface area (Å²) in [4.78, 5) is 8.41. The van der Waals surface area contributed by atoms with Crippen molar-refractivity contribution >= 4 is 5.82 Å². The minimum absolute atomic E-state index is 0.143. The molecule has 0 aliphatic rings. The molecule has 0 spiro atoms. The number of anilines is 1. The van der Waals surface area contributed by atoms with Crippen LogP contribution in [0.5, 0.6) is 5.88 Å². The van der Waals surface area contributed by atoms with E-state index in [0.29, 0.717) is 24.9 Å². The summed E-state index contributed by atoms with van der Waals surface area (Å²) in [6.45, 7) is 3.01. The van der Waals surface area contributed by atoms with Gasteiger partial charge in [-0.2, -0.15) is 4.98 Å². The SMILES string of the molecule is COCC(CCN)Nc1cc(OC)nc(C)n1. The van der Waals surface area contributed by atoms with Crippen LogP contribution in [0, 0.1) is 6.92 Å². The molecule has 17 heavy (non-hydrogen) atoms. The van der Waals surface area contributed by atoms with Gasteiger partial charge < -0.3 is 20.5 Å². The lowest BCUT2D eigenvalue weighted by Crippen LogP contribution is -2.28. The fourth-order valence-electron chi connectivity index (χ4n) is 1.53. The quantitative estimate of drug-likeness (QED) is 0.725. The van der Waals surface area contributed by atoms with Gasteiger partial charge in [0.2, 0.25) is 5.88 Å². The van der Waals surface area contributed by atoms with Gasteiger partial charge in [-0.3, -0.25) is 0 Å². The molecule has 6 nitrogen and oxygen atoms in total. The number of hydrogen-bond acceptors (Lipinski definition) is 6. The summed E-state index contributed by atoms with van der Waals surface area (Å²) in [5.41, 5.74) is 5.55. The van der Waals surface area contributed by atoms with Gasteiger partial charge in [0.25, 0.3) is 0 Å². The average molecular weight is 240 g/mol. The standard InChI is InChI=1S/C11H20N4O2/c1-8-13-10(6-11(14-8)17-3)15-9(4-5-12)7-16-2/h6,9H,4-5,7,12H2,1-3H3,(H,13,14,15). The van der Waals surface area contributed by atoms with Gasteiger partial charge in [-0.15, -0.1) is 0 Å². The molecule has 0 fully saturated rings. The molecule has 1 aromatic heterocycles. The van der Waals surface area contributed by atoms with Crippen molar-refractivity contribution in [2.75, 3.05) is 32.7 Å². The molecule has 1 rings (SSSR count). The third-order valence-corrected chi connectivity index (χ3v) is 2.26. The summed E-state index contributed by atoms with van der Waals surface area (Å²) in [6, 6.07) is 1.90. The zero-order valence-electron chi connectivity index (χ0n) is 10.6. The van der Waals surface area contributed by atoms with E-state index in [1.807, 2.05) is 6.92 Å². The Hall–Kier alpha value is -1.40. The van der Waals surface area contributed by atoms with Crippen molar-refractivity contribution in [2.45, 2.75) is 19.4 Å². The molecular weight excluding hydrogens is 220 g/mol. The van der Waals surface area contributed by atoms with Crippen molar-refractivity contribution in [3.05, 3.63) is 11.9 Å². The highest BCUT2D eigenvalue weighted by molar-refractivity contribution is 5.39. The van der Waals surface area contributed by atoms with Crippen molar-refractivity contribution in [1.82, 2.24) is 9.97 Å². The maximum absolute atomic E-state index is 5.55. The Labute approximate surface area is 102 Å². The first-order valence-corrected chi connectivity index (χ1v) is 5.54. The molecule has 0 radical (unpaired) electrons. The lowest BCUT2D eigenvalue weighted by atomic mass is 10.2. The van der Waals surface area contributed by atoms with Gasteiger partial charge in [-0.05, 0) is 19.9 Å². The molecule has 96 valence electrons. The average Bonchev–Trinajstić information content (AvgIpc) is 2.29. The van der Waals surface area contributed by atoms with Crippen LogP contribution < -0.4 is 15.8 Å². The largest absolute Gasteiger partial charge is 0.481 e. The summed E-state index contributed by atoms with van der Waals surface area (Å²) >= 11 is 0. The number of hydrogen-bond donors (Lipinski definition) is 2. The number of ether oxygens (including phenoxy) is 2. The normalized spacial score (nSPS) is 12.2. The van der Waals surface area contributed by atoms with Crippen LogP contribution in [-0.4, -0.2) is 43.4 Å². The van der Waals surface area contributed by atoms with Gasteiger partial charge in [-0.1, -0.05) is 0 Å². The molecule has 0 bridgehead atoms. The smallest absolute Gasteiger partial charge is 0.218 e. The monoisotopic (exact) mass is 240 g/mol. The molecule has 6 heteroatoms. The first-order valence-electron chi connectivity index (χ1n) is 5.54. The molecule has 1 unspecified atom stereocenters. The summed E-state index contributed by atoms with van der Waals surface area (Å²) < 4.78 is 10.2. The summed E-state index contributed by atoms with van der Waals surface area (Å²) in [5, 5.41) is 3.26. The second-order valence-electron chi connectivity index (χ2n) is 3.72. The van der Waals surface area contributed by atoms with Crippen molar-refractivity contribution in [3.63, 3.8) is 0 Å². The second-order valence-corrected chi connectivity index (χ2v) is 3.72. The number of nitrogens with zero attached hydrogens (tertiary/aromatic N) is 2. The Balaban J connectivity index is 2.73. The number of nitrogens with two attached hydrogens (primary N) is 1. The Morgan fingerprint density at radius 2 is 2.18 bits per heavy atom. The van der Waals surface area contributed by atoms with E-state index in [2.05, 4.69) is 15.3 Å². The van der Waals surface area contributed by atoms with Crippen LogP contribution in [-0.2, 0) is 4.74 Å². The van der Waals surface area contributed by atoms with Gasteiger partial charge in [0.1, 0.15) is 11.6 Å². The van der Waals surface area contributed by atoms with Crippen molar-refractivity contribution < 1.29 is 9.47 Å². The number of aryl methyl sites for hydroxylation is 1. The summed E-state index contributed by atoms with van der Waals surface area (Å²) in [5.74, 6) is 1.93. The first-order chi connectivity index (χ1) is 8.19. The maximum atomic E-state index is 5.55. The van der Waals surface area contributed by atoms with Crippen molar-refractivity contribution in [1.29, 1.82) is 0 Å². The van der Waals surface area contributed by atoms with E-state index < -0.39 is 0 Å². The number of methoxy groups -OCH3 is 2. The van der Waals surface area contributed by atoms with Crippen molar-refractivity contribution in [2.24, 2.45) is 5.73 Å². The zero-order valence-corrected chi connectivity index (χ0v) is 10.6. The van der Waals surface area contributed by atoms with Crippen LogP contribution >= 0.6 is 0 Å². The van der Waals surface area contributed by atoms with Crippen LogP contribution in [0.1, 0.15) is 12.2 Å². The molecule has 0 aromatic carbocycles. The molecule has 3 N–H and O–H groups in total. The predicted molar refractivity (Wildman–Crippen MR) is 66.3 cm³/mol. The minimum Gasteiger partial charge on any atom is -0.481 e. The van der Waals surface area contributed by atoms with Crippen LogP contribution in [0.4, 0.5) is 5.82 Å². The van der Waals surface area contributed by atoms with E-state index in [9.17, 15) is 0 Å². The number of rotatable bonds is 7. The summed E-state index contributed by atoms with van der Waals surface area (Å²) in [6.07, 6.45) is 0.819. The topological polar surface area (TPSA) is 82.3 Å². The van der Waals surface area contributed by atoms with Crippen LogP contribution in [0.3, 0.4) is 0 Å². The Bertz CT molecular complexity index is 340. The molecule has 0 saturated carbocycles. The first kappa shape index (κ1) is 13.7. The lowest BCUT2D eigenvalue weighted by molar-refractivity contribution is 0.183. The van der Waals surface area contributed by atoms with Gasteiger partial charge in [0.15, 0.2) is 0 Å². The molecule has 0 aliphatic heterocycles. The minimum atomic E-state index is 0.143. The number of aromatic nitrogens is 2. The molecular formula is C11H20N4O2. The van der Waals surface area contributed by atoms with Crippen LogP contribution in [0.2, 0.25) is 0 Å². The molecule has 1 atom stereocenters. The molecule has 1 heterocycles. The van der Waals surface area contributed by atoms with E-state index in [4.69, 9.17) is 15.2 Å². The van der Waals surface area contributed by atoms with E-state index >= 15 is 0 Å². The van der Waals surface area contributed by atoms with E-state index in [-0.39, 0.29) is 6.04 Å². The van der Waals surface area contributed by atoms with Crippen molar-refractivity contribution in [3.8, 4) is 5.88 Å². The molecule has 0 saturated heterocycles. The fraction of sp³-hybridized carbons (Fsp3) is 0.636. The third-order valence-electron chi connectivity index (χ3n) is 2.26. The van der Waals surface area contributed by atoms with Gasteiger partial charge in [0, 0.05) is 13.2 Å².